The molecule has 0 atom stereocenters. The molecule has 0 fully saturated rings. The van der Waals surface area contributed by atoms with Gasteiger partial charge in [-0.15, -0.1) is 0 Å². The molecule has 0 amide bonds. The maximum Gasteiger partial charge on any atom is 2.00 e. The van der Waals surface area contributed by atoms with Gasteiger partial charge in [0.1, 0.15) is 0 Å². The molecule has 0 heterocycles. The zero-order valence-electron chi connectivity index (χ0n) is 81.9. The van der Waals surface area contributed by atoms with Crippen molar-refractivity contribution in [3.63, 3.8) is 0 Å². The van der Waals surface area contributed by atoms with E-state index in [2.05, 4.69) is 391 Å². The molecule has 0 aromatic heterocycles. The minimum atomic E-state index is 0. The van der Waals surface area contributed by atoms with Gasteiger partial charge >= 0.3 is 42.1 Å². The van der Waals surface area contributed by atoms with Gasteiger partial charge in [0, 0.05) is 21.1 Å². The summed E-state index contributed by atoms with van der Waals surface area (Å²) in [4.78, 5) is 0. The van der Waals surface area contributed by atoms with Crippen molar-refractivity contribution < 1.29 is 63.2 Å². The minimum absolute atomic E-state index is 0. The van der Waals surface area contributed by atoms with Crippen LogP contribution in [0.5, 0.6) is 0 Å². The maximum atomic E-state index is 3.34. The number of rotatable bonds is 5. The Morgan fingerprint density at radius 3 is 0.661 bits per heavy atom. The molecule has 0 unspecified atom stereocenters. The molecule has 0 saturated carbocycles. The summed E-state index contributed by atoms with van der Waals surface area (Å²) in [5.74, 6) is 0. The van der Waals surface area contributed by atoms with Crippen molar-refractivity contribution >= 4 is 0 Å². The standard InChI is InChI=1S/C17H18.C15H16.C10H14.4C8H10.C8H9.C6H6.C6H5.3C3H8.6C2H6.3W/c1-12-5-7-16(9-14(12)3)11-17-8-6-13(2)15(4)10-17;1-12-8-9-15(10-13(12)2)11-14-6-4-3-5-7-14;1-4-10-6-5-8(2)9(3)7-10;5*1-7-5-3-4-6-8(7)2;2*1-2-4-6-5-3-1;3*1-3-2;6*1-2;;;/h5-6,9-10H,11H2,1-4H3;3-10H,11H2,1-2H3;5-7H,4H2,1-3H3;4*3-6H,1-2H3;3-5H,1-2H3;1-6H;1-5H;3*3H2,1-2H3;6*1-2H3;;;/q-2;;;;;;;-1;;-1;;;;;;;;;;;2*+2. The van der Waals surface area contributed by atoms with Gasteiger partial charge in [-0.3, -0.25) is 0 Å². The van der Waals surface area contributed by atoms with Gasteiger partial charge in [-0.2, -0.15) is 142 Å². The molecule has 0 spiro atoms. The van der Waals surface area contributed by atoms with Crippen LogP contribution in [0.1, 0.15) is 279 Å². The first-order valence-electron chi connectivity index (χ1n) is 43.4. The van der Waals surface area contributed by atoms with Crippen LogP contribution in [0.2, 0.25) is 0 Å². The Morgan fingerprint density at radius 1 is 0.203 bits per heavy atom. The van der Waals surface area contributed by atoms with Crippen LogP contribution in [0.25, 0.3) is 0 Å². The Hall–Kier alpha value is -7.30. The predicted octanol–water partition coefficient (Wildman–Crippen LogP) is 35.8. The van der Waals surface area contributed by atoms with Crippen molar-refractivity contribution in [1.29, 1.82) is 0 Å². The molecule has 118 heavy (non-hydrogen) atoms. The molecular weight excluding hydrogens is 1930 g/mol. The predicted molar refractivity (Wildman–Crippen MR) is 529 cm³/mol. The number of hydrogen-bond acceptors (Lipinski definition) is 0. The second-order valence-electron chi connectivity index (χ2n) is 26.3. The maximum absolute atomic E-state index is 3.34. The molecule has 0 N–H and O–H groups in total. The van der Waals surface area contributed by atoms with E-state index in [0.29, 0.717) is 0 Å². The fraction of sp³-hybridized carbons (Fsp3) is 0.374. The van der Waals surface area contributed by atoms with Crippen LogP contribution in [-0.2, 0) is 82.5 Å². The van der Waals surface area contributed by atoms with Gasteiger partial charge in [-0.05, 0) is 186 Å². The average Bonchev–Trinajstić information content (AvgIpc) is 0.859. The van der Waals surface area contributed by atoms with Crippen molar-refractivity contribution in [3.8, 4) is 0 Å². The van der Waals surface area contributed by atoms with E-state index in [4.69, 9.17) is 0 Å². The number of hydrogen-bond donors (Lipinski definition) is 0. The summed E-state index contributed by atoms with van der Waals surface area (Å²) in [7, 11) is 0. The Bertz CT molecular complexity index is 3540. The molecule has 0 aliphatic rings. The van der Waals surface area contributed by atoms with Crippen molar-refractivity contribution in [2.24, 2.45) is 0 Å². The van der Waals surface area contributed by atoms with E-state index in [-0.39, 0.29) is 63.2 Å². The first kappa shape index (κ1) is 131. The van der Waals surface area contributed by atoms with E-state index in [1.54, 1.807) is 0 Å². The Morgan fingerprint density at radius 2 is 0.441 bits per heavy atom. The normalized spacial score (nSPS) is 8.38. The number of aryl methyl sites for hydroxylation is 19. The second kappa shape index (κ2) is 95.2. The monoisotopic (exact) mass is 2100 g/mol. The Balaban J connectivity index is -0.000000135. The van der Waals surface area contributed by atoms with Gasteiger partial charge in [0.2, 0.25) is 0 Å². The summed E-state index contributed by atoms with van der Waals surface area (Å²) in [6.07, 6.45) is 6.84. The summed E-state index contributed by atoms with van der Waals surface area (Å²) < 4.78 is 0. The van der Waals surface area contributed by atoms with Gasteiger partial charge in [0.05, 0.1) is 0 Å². The SMILES string of the molecule is CC.CC.CC.CC.CC.CC.CCC.CCC.CCC.CCc1ccc(C)c(C)c1.Cc1[c-]cccc1C.Cc1c[c-]c(Cc2[c-]cc(C)c(C)c2)cc1C.Cc1ccc(Cc2ccccc2)cc1C.Cc1ccccc1C.Cc1ccccc1C.Cc1ccccc1C.Cc1ccccc1C.[W+2].[W+2].[W].[c-]1ccccc1.c1ccccc1. The molecular formula is C115H168W3. The fourth-order valence-corrected chi connectivity index (χ4v) is 8.62. The molecule has 0 bridgehead atoms. The quantitative estimate of drug-likeness (QED) is 0.151. The second-order valence-corrected chi connectivity index (χ2v) is 26.3. The van der Waals surface area contributed by atoms with E-state index in [0.717, 1.165) is 19.3 Å². The fourth-order valence-electron chi connectivity index (χ4n) is 8.62. The third-order valence-corrected chi connectivity index (χ3v) is 16.5. The molecule has 0 aliphatic carbocycles. The molecule has 12 aromatic rings. The van der Waals surface area contributed by atoms with E-state index < -0.39 is 0 Å². The van der Waals surface area contributed by atoms with Crippen molar-refractivity contribution in [2.45, 2.75) is 295 Å². The van der Waals surface area contributed by atoms with Crippen LogP contribution in [0.4, 0.5) is 0 Å². The molecule has 0 radical (unpaired) electrons. The van der Waals surface area contributed by atoms with Gasteiger partial charge in [-0.25, -0.2) is 0 Å². The zero-order chi connectivity index (χ0) is 89.2. The van der Waals surface area contributed by atoms with Crippen LogP contribution >= 0.6 is 0 Å². The first-order chi connectivity index (χ1) is 55.3. The minimum Gasteiger partial charge on any atom is -0.184 e. The van der Waals surface area contributed by atoms with E-state index >= 15 is 0 Å². The van der Waals surface area contributed by atoms with Crippen molar-refractivity contribution in [1.82, 2.24) is 0 Å². The van der Waals surface area contributed by atoms with E-state index in [1.165, 1.54) is 147 Å². The molecule has 0 nitrogen and oxygen atoms in total. The summed E-state index contributed by atoms with van der Waals surface area (Å²) in [5.41, 5.74) is 31.0. The van der Waals surface area contributed by atoms with Crippen LogP contribution < -0.4 is 0 Å². The molecule has 12 aromatic carbocycles. The van der Waals surface area contributed by atoms with Crippen LogP contribution in [0.3, 0.4) is 0 Å². The van der Waals surface area contributed by atoms with Crippen molar-refractivity contribution in [2.75, 3.05) is 0 Å². The summed E-state index contributed by atoms with van der Waals surface area (Å²) in [5, 5.41) is 0. The van der Waals surface area contributed by atoms with E-state index in [1.807, 2.05) is 162 Å². The molecule has 0 saturated heterocycles. The summed E-state index contributed by atoms with van der Waals surface area (Å²) in [6.45, 7) is 77.2. The van der Waals surface area contributed by atoms with Crippen LogP contribution in [0.15, 0.2) is 273 Å². The summed E-state index contributed by atoms with van der Waals surface area (Å²) in [6, 6.07) is 106. The Labute approximate surface area is 776 Å². The third kappa shape index (κ3) is 75.0. The average molecular weight is 2100 g/mol. The van der Waals surface area contributed by atoms with Gasteiger partial charge in [0.15, 0.2) is 0 Å². The largest absolute Gasteiger partial charge is 2.00 e. The van der Waals surface area contributed by atoms with E-state index in [9.17, 15) is 0 Å². The molecule has 12 rings (SSSR count). The Kier molecular flexibility index (Phi) is 106. The third-order valence-electron chi connectivity index (χ3n) is 16.5. The number of benzene rings is 12. The zero-order valence-corrected chi connectivity index (χ0v) is 90.7. The van der Waals surface area contributed by atoms with Crippen LogP contribution in [0, 0.1) is 149 Å². The van der Waals surface area contributed by atoms with Crippen LogP contribution in [-0.4, -0.2) is 0 Å². The topological polar surface area (TPSA) is 0 Å². The summed E-state index contributed by atoms with van der Waals surface area (Å²) >= 11 is 0. The van der Waals surface area contributed by atoms with Crippen molar-refractivity contribution in [3.05, 3.63) is 425 Å². The molecule has 0 aliphatic heterocycles. The first-order valence-corrected chi connectivity index (χ1v) is 43.4. The van der Waals surface area contributed by atoms with Gasteiger partial charge in [0.25, 0.3) is 0 Å². The van der Waals surface area contributed by atoms with Gasteiger partial charge < -0.3 is 0 Å². The smallest absolute Gasteiger partial charge is 0.184 e. The molecule has 3 heteroatoms. The van der Waals surface area contributed by atoms with Gasteiger partial charge in [-0.1, -0.05) is 393 Å². The molecule has 646 valence electrons.